The second-order valence-corrected chi connectivity index (χ2v) is 17.3. The number of rotatable bonds is 3. The zero-order valence-corrected chi connectivity index (χ0v) is 33.5. The molecule has 3 heterocycles. The molecule has 0 aliphatic rings. The second-order valence-electron chi connectivity index (χ2n) is 16.3. The Morgan fingerprint density at radius 1 is 0.295 bits per heavy atom. The Bertz CT molecular complexity index is 4120. The first-order valence-electron chi connectivity index (χ1n) is 20.8. The van der Waals surface area contributed by atoms with Crippen LogP contribution in [0.4, 0.5) is 0 Å². The molecule has 0 unspecified atom stereocenters. The summed E-state index contributed by atoms with van der Waals surface area (Å²) < 4.78 is 16.2. The predicted molar refractivity (Wildman–Crippen MR) is 260 cm³/mol. The minimum absolute atomic E-state index is 0.875. The topological polar surface area (TPSA) is 26.3 Å². The van der Waals surface area contributed by atoms with Gasteiger partial charge >= 0.3 is 0 Å². The second kappa shape index (κ2) is 12.4. The van der Waals surface area contributed by atoms with E-state index in [1.165, 1.54) is 80.1 Å². The van der Waals surface area contributed by atoms with E-state index in [9.17, 15) is 0 Å². The van der Waals surface area contributed by atoms with Crippen LogP contribution in [0.25, 0.3) is 141 Å². The number of fused-ring (bicyclic) bond motifs is 15. The molecule has 3 aromatic heterocycles. The highest BCUT2D eigenvalue weighted by Crippen LogP contribution is 2.48. The number of para-hydroxylation sites is 1. The summed E-state index contributed by atoms with van der Waals surface area (Å²) in [5, 5.41) is 16.8. The van der Waals surface area contributed by atoms with Gasteiger partial charge in [0.2, 0.25) is 0 Å². The van der Waals surface area contributed by atoms with Gasteiger partial charge in [0, 0.05) is 52.7 Å². The molecule has 3 heteroatoms. The van der Waals surface area contributed by atoms with Crippen molar-refractivity contribution in [2.24, 2.45) is 0 Å². The molecule has 282 valence electrons. The summed E-state index contributed by atoms with van der Waals surface area (Å²) in [4.78, 5) is 0. The van der Waals surface area contributed by atoms with Crippen molar-refractivity contribution in [3.05, 3.63) is 194 Å². The van der Waals surface area contributed by atoms with Crippen molar-refractivity contribution < 1.29 is 8.83 Å². The maximum atomic E-state index is 6.83. The molecule has 0 aliphatic heterocycles. The Labute approximate surface area is 353 Å². The zero-order valence-electron chi connectivity index (χ0n) is 32.7. The van der Waals surface area contributed by atoms with Crippen molar-refractivity contribution in [2.75, 3.05) is 0 Å². The molecule has 0 N–H and O–H groups in total. The molecule has 0 amide bonds. The van der Waals surface area contributed by atoms with Crippen molar-refractivity contribution in [1.82, 2.24) is 0 Å². The number of thiophene rings is 1. The Balaban J connectivity index is 0.960. The van der Waals surface area contributed by atoms with E-state index in [1.54, 1.807) is 0 Å². The molecule has 0 atom stereocenters. The van der Waals surface area contributed by atoms with Crippen LogP contribution in [0.3, 0.4) is 0 Å². The summed E-state index contributed by atoms with van der Waals surface area (Å²) in [6.45, 7) is 0. The summed E-state index contributed by atoms with van der Waals surface area (Å²) in [6.07, 6.45) is 0. The Morgan fingerprint density at radius 3 is 1.72 bits per heavy atom. The van der Waals surface area contributed by atoms with Gasteiger partial charge in [0.15, 0.2) is 0 Å². The standard InChI is InChI=1S/C58H32O2S/c1-2-13-37-33(11-1)12-9-20-39(37)54-42-16-5-3-14-40(42)53(41-15-4-6-17-43(41)54)36-26-28-49-48(32-36)44-21-10-19-38(57(44)59-49)35-24-23-34-25-27-46-55-50(60-58(46)47(34)31-35)29-30-52-56(55)45-18-7-8-22-51(45)61-52/h1-32H. The SMILES string of the molecule is c1ccc2c(-c3c4ccccc4c(-c4ccc5oc6c(-c7ccc8ccc9c(oc%10ccc%11sc%12ccccc%12c%11c%109)c8c7)cccc6c5c4)c4ccccc34)cccc2c1. The van der Waals surface area contributed by atoms with Gasteiger partial charge in [0.1, 0.15) is 22.3 Å². The lowest BCUT2D eigenvalue weighted by molar-refractivity contribution is 0.670. The normalized spacial score (nSPS) is 12.3. The lowest BCUT2D eigenvalue weighted by Crippen LogP contribution is -1.91. The molecule has 11 aromatic carbocycles. The fourth-order valence-corrected chi connectivity index (χ4v) is 11.5. The van der Waals surface area contributed by atoms with Crippen LogP contribution in [0, 0.1) is 0 Å². The molecule has 0 saturated carbocycles. The van der Waals surface area contributed by atoms with Gasteiger partial charge in [-0.2, -0.15) is 0 Å². The van der Waals surface area contributed by atoms with Gasteiger partial charge in [-0.3, -0.25) is 0 Å². The molecule has 14 aromatic rings. The molecule has 61 heavy (non-hydrogen) atoms. The van der Waals surface area contributed by atoms with Crippen LogP contribution in [-0.2, 0) is 0 Å². The fraction of sp³-hybridized carbons (Fsp3) is 0. The van der Waals surface area contributed by atoms with E-state index in [-0.39, 0.29) is 0 Å². The average Bonchev–Trinajstić information content (AvgIpc) is 4.01. The highest BCUT2D eigenvalue weighted by molar-refractivity contribution is 7.26. The minimum atomic E-state index is 0.875. The van der Waals surface area contributed by atoms with Gasteiger partial charge in [0.25, 0.3) is 0 Å². The van der Waals surface area contributed by atoms with E-state index in [0.717, 1.165) is 60.4 Å². The summed E-state index contributed by atoms with van der Waals surface area (Å²) in [5.41, 5.74) is 10.7. The largest absolute Gasteiger partial charge is 0.455 e. The summed E-state index contributed by atoms with van der Waals surface area (Å²) >= 11 is 1.84. The van der Waals surface area contributed by atoms with Crippen molar-refractivity contribution in [2.45, 2.75) is 0 Å². The quantitative estimate of drug-likeness (QED) is 0.167. The number of hydrogen-bond donors (Lipinski definition) is 0. The highest BCUT2D eigenvalue weighted by Gasteiger charge is 2.21. The van der Waals surface area contributed by atoms with Crippen LogP contribution < -0.4 is 0 Å². The molecular formula is C58H32O2S. The monoisotopic (exact) mass is 792 g/mol. The first-order valence-corrected chi connectivity index (χ1v) is 21.6. The van der Waals surface area contributed by atoms with Crippen LogP contribution in [0.15, 0.2) is 203 Å². The van der Waals surface area contributed by atoms with Gasteiger partial charge in [-0.15, -0.1) is 11.3 Å². The molecule has 2 nitrogen and oxygen atoms in total. The lowest BCUT2D eigenvalue weighted by atomic mass is 9.84. The third kappa shape index (κ3) is 4.67. The van der Waals surface area contributed by atoms with E-state index in [1.807, 2.05) is 11.3 Å². The molecule has 0 spiro atoms. The Morgan fingerprint density at radius 2 is 0.885 bits per heavy atom. The molecular weight excluding hydrogens is 761 g/mol. The van der Waals surface area contributed by atoms with Crippen molar-refractivity contribution >= 4 is 118 Å². The van der Waals surface area contributed by atoms with Crippen molar-refractivity contribution in [3.63, 3.8) is 0 Å². The third-order valence-corrected chi connectivity index (χ3v) is 14.2. The minimum Gasteiger partial charge on any atom is -0.455 e. The first kappa shape index (κ1) is 33.1. The summed E-state index contributed by atoms with van der Waals surface area (Å²) in [6, 6.07) is 70.6. The van der Waals surface area contributed by atoms with Gasteiger partial charge < -0.3 is 8.83 Å². The van der Waals surface area contributed by atoms with Crippen molar-refractivity contribution in [1.29, 1.82) is 0 Å². The summed E-state index contributed by atoms with van der Waals surface area (Å²) in [7, 11) is 0. The van der Waals surface area contributed by atoms with E-state index >= 15 is 0 Å². The fourth-order valence-electron chi connectivity index (χ4n) is 10.4. The van der Waals surface area contributed by atoms with Crippen molar-refractivity contribution in [3.8, 4) is 33.4 Å². The molecule has 0 aliphatic carbocycles. The van der Waals surface area contributed by atoms with E-state index < -0.39 is 0 Å². The Hall–Kier alpha value is -7.72. The molecule has 0 fully saturated rings. The third-order valence-electron chi connectivity index (χ3n) is 13.0. The number of furan rings is 2. The van der Waals surface area contributed by atoms with Crippen LogP contribution in [-0.4, -0.2) is 0 Å². The van der Waals surface area contributed by atoms with Gasteiger partial charge in [-0.25, -0.2) is 0 Å². The van der Waals surface area contributed by atoms with E-state index in [0.29, 0.717) is 0 Å². The van der Waals surface area contributed by atoms with Crippen LogP contribution >= 0.6 is 11.3 Å². The Kier molecular flexibility index (Phi) is 6.74. The van der Waals surface area contributed by atoms with Gasteiger partial charge in [-0.05, 0) is 108 Å². The van der Waals surface area contributed by atoms with Gasteiger partial charge in [-0.1, -0.05) is 152 Å². The summed E-state index contributed by atoms with van der Waals surface area (Å²) in [5.74, 6) is 0. The highest BCUT2D eigenvalue weighted by atomic mass is 32.1. The number of hydrogen-bond acceptors (Lipinski definition) is 3. The maximum absolute atomic E-state index is 6.83. The predicted octanol–water partition coefficient (Wildman–Crippen LogP) is 17.5. The van der Waals surface area contributed by atoms with Crippen LogP contribution in [0.2, 0.25) is 0 Å². The molecule has 0 bridgehead atoms. The van der Waals surface area contributed by atoms with Crippen LogP contribution in [0.5, 0.6) is 0 Å². The molecule has 0 radical (unpaired) electrons. The number of benzene rings is 11. The average molecular weight is 793 g/mol. The smallest absolute Gasteiger partial charge is 0.143 e. The van der Waals surface area contributed by atoms with E-state index in [4.69, 9.17) is 8.83 Å². The lowest BCUT2D eigenvalue weighted by Gasteiger charge is -2.18. The zero-order chi connectivity index (χ0) is 39.8. The van der Waals surface area contributed by atoms with E-state index in [2.05, 4.69) is 194 Å². The molecule has 14 rings (SSSR count). The van der Waals surface area contributed by atoms with Crippen LogP contribution in [0.1, 0.15) is 0 Å². The first-order chi connectivity index (χ1) is 30.2. The maximum Gasteiger partial charge on any atom is 0.143 e. The molecule has 0 saturated heterocycles. The van der Waals surface area contributed by atoms with Gasteiger partial charge in [0.05, 0.1) is 0 Å².